The molecule has 1 unspecified atom stereocenters. The Balaban J connectivity index is 1.31. The van der Waals surface area contributed by atoms with Crippen molar-refractivity contribution < 1.29 is 9.90 Å². The molecular weight excluding hydrogens is 548 g/mol. The number of pyridine rings is 1. The number of hydrogen-bond acceptors (Lipinski definition) is 5. The van der Waals surface area contributed by atoms with Crippen LogP contribution in [-0.4, -0.2) is 52.7 Å². The van der Waals surface area contributed by atoms with E-state index in [0.29, 0.717) is 12.2 Å². The fourth-order valence-corrected chi connectivity index (χ4v) is 5.48. The van der Waals surface area contributed by atoms with Crippen LogP contribution >= 0.6 is 15.9 Å². The zero-order valence-corrected chi connectivity index (χ0v) is 22.2. The Morgan fingerprint density at radius 1 is 1.05 bits per heavy atom. The smallest absolute Gasteiger partial charge is 0.335 e. The van der Waals surface area contributed by atoms with Crippen LogP contribution in [0.3, 0.4) is 0 Å². The van der Waals surface area contributed by atoms with Crippen LogP contribution < -0.4 is 5.69 Å². The quantitative estimate of drug-likeness (QED) is 0.322. The molecule has 2 aromatic carbocycles. The lowest BCUT2D eigenvalue weighted by Gasteiger charge is -2.16. The minimum absolute atomic E-state index is 0.0110. The summed E-state index contributed by atoms with van der Waals surface area (Å²) in [6.45, 7) is 2.33. The number of hydrogen-bond donors (Lipinski definition) is 1. The van der Waals surface area contributed by atoms with Gasteiger partial charge in [0.2, 0.25) is 0 Å². The summed E-state index contributed by atoms with van der Waals surface area (Å²) < 4.78 is 6.52. The number of nitrogens with zero attached hydrogens (tertiary/aromatic N) is 6. The molecule has 1 N–H and O–H groups in total. The van der Waals surface area contributed by atoms with Crippen molar-refractivity contribution in [1.82, 2.24) is 28.6 Å². The van der Waals surface area contributed by atoms with E-state index in [1.165, 1.54) is 0 Å². The zero-order valence-electron chi connectivity index (χ0n) is 20.7. The minimum Gasteiger partial charge on any atom is -0.478 e. The summed E-state index contributed by atoms with van der Waals surface area (Å²) in [5.41, 5.74) is 4.18. The molecule has 1 aliphatic rings. The lowest BCUT2D eigenvalue weighted by Crippen LogP contribution is -2.29. The normalized spacial score (nSPS) is 15.9. The fraction of sp³-hybridized carbons (Fsp3) is 0.214. The van der Waals surface area contributed by atoms with E-state index in [9.17, 15) is 9.59 Å². The number of halogens is 1. The lowest BCUT2D eigenvalue weighted by molar-refractivity contribution is 0.0697. The zero-order chi connectivity index (χ0) is 26.4. The summed E-state index contributed by atoms with van der Waals surface area (Å²) in [5.74, 6) is 0.0227. The molecule has 1 aliphatic heterocycles. The Hall–Kier alpha value is -4.02. The molecule has 0 aliphatic carbocycles. The first kappa shape index (κ1) is 24.3. The van der Waals surface area contributed by atoms with E-state index >= 15 is 0 Å². The van der Waals surface area contributed by atoms with Crippen molar-refractivity contribution in [2.24, 2.45) is 7.05 Å². The molecule has 4 heterocycles. The fourth-order valence-electron chi connectivity index (χ4n) is 5.17. The number of aromatic nitrogens is 5. The van der Waals surface area contributed by atoms with Crippen LogP contribution in [0.4, 0.5) is 0 Å². The first-order chi connectivity index (χ1) is 18.4. The van der Waals surface area contributed by atoms with Crippen LogP contribution in [0, 0.1) is 0 Å². The predicted molar refractivity (Wildman–Crippen MR) is 148 cm³/mol. The maximum absolute atomic E-state index is 13.8. The number of fused-ring (bicyclic) bond motifs is 1. The van der Waals surface area contributed by atoms with E-state index in [-0.39, 0.29) is 17.3 Å². The van der Waals surface area contributed by atoms with Crippen LogP contribution in [0.2, 0.25) is 0 Å². The van der Waals surface area contributed by atoms with Crippen molar-refractivity contribution in [1.29, 1.82) is 0 Å². The molecule has 6 rings (SSSR count). The molecule has 0 radical (unpaired) electrons. The number of imidazole rings is 2. The third-order valence-electron chi connectivity index (χ3n) is 7.23. The van der Waals surface area contributed by atoms with E-state index in [4.69, 9.17) is 5.11 Å². The maximum Gasteiger partial charge on any atom is 0.335 e. The highest BCUT2D eigenvalue weighted by atomic mass is 79.9. The summed E-state index contributed by atoms with van der Waals surface area (Å²) in [7, 11) is 1.98. The van der Waals surface area contributed by atoms with Crippen LogP contribution in [0.15, 0.2) is 82.5 Å². The summed E-state index contributed by atoms with van der Waals surface area (Å²) in [5, 5.41) is 9.15. The number of carboxylic acids is 1. The number of carboxylic acid groups (broad SMARTS) is 1. The molecule has 10 heteroatoms. The van der Waals surface area contributed by atoms with Gasteiger partial charge in [0.1, 0.15) is 10.4 Å². The maximum atomic E-state index is 13.8. The first-order valence-electron chi connectivity index (χ1n) is 12.3. The van der Waals surface area contributed by atoms with Crippen molar-refractivity contribution in [2.45, 2.75) is 19.0 Å². The monoisotopic (exact) mass is 572 g/mol. The molecular formula is C28H25BrN6O3. The van der Waals surface area contributed by atoms with Crippen molar-refractivity contribution in [3.63, 3.8) is 0 Å². The molecule has 0 amide bonds. The van der Waals surface area contributed by atoms with Gasteiger partial charge in [-0.1, -0.05) is 24.3 Å². The van der Waals surface area contributed by atoms with E-state index in [1.54, 1.807) is 41.2 Å². The van der Waals surface area contributed by atoms with Crippen molar-refractivity contribution in [3.05, 3.63) is 99.5 Å². The SMILES string of the molecule is Cn1c(Br)cnc1CN1CCC(n2c(=O)n(-c3ccc(-c4ccc(C(=O)O)cc4)cc3)c3cccnc32)C1. The molecule has 1 saturated heterocycles. The highest BCUT2D eigenvalue weighted by molar-refractivity contribution is 9.10. The molecule has 5 aromatic rings. The summed E-state index contributed by atoms with van der Waals surface area (Å²) in [6, 6.07) is 18.3. The highest BCUT2D eigenvalue weighted by Crippen LogP contribution is 2.28. The summed E-state index contributed by atoms with van der Waals surface area (Å²) in [6.07, 6.45) is 4.39. The van der Waals surface area contributed by atoms with Gasteiger partial charge in [-0.15, -0.1) is 0 Å². The molecule has 0 bridgehead atoms. The van der Waals surface area contributed by atoms with Gasteiger partial charge in [0, 0.05) is 26.3 Å². The Labute approximate surface area is 226 Å². The highest BCUT2D eigenvalue weighted by Gasteiger charge is 2.29. The Morgan fingerprint density at radius 2 is 1.76 bits per heavy atom. The van der Waals surface area contributed by atoms with Gasteiger partial charge in [-0.3, -0.25) is 14.0 Å². The Bertz CT molecular complexity index is 1700. The largest absolute Gasteiger partial charge is 0.478 e. The average molecular weight is 573 g/mol. The third-order valence-corrected chi connectivity index (χ3v) is 7.97. The Kier molecular flexibility index (Phi) is 6.21. The topological polar surface area (TPSA) is 98.2 Å². The lowest BCUT2D eigenvalue weighted by atomic mass is 10.0. The molecule has 1 atom stereocenters. The summed E-state index contributed by atoms with van der Waals surface area (Å²) in [4.78, 5) is 36.4. The van der Waals surface area contributed by atoms with Gasteiger partial charge in [-0.25, -0.2) is 19.6 Å². The van der Waals surface area contributed by atoms with Crippen LogP contribution in [0.5, 0.6) is 0 Å². The van der Waals surface area contributed by atoms with Gasteiger partial charge in [0.15, 0.2) is 5.65 Å². The Morgan fingerprint density at radius 3 is 2.42 bits per heavy atom. The number of rotatable bonds is 6. The molecule has 192 valence electrons. The average Bonchev–Trinajstić information content (AvgIpc) is 3.60. The van der Waals surface area contributed by atoms with Gasteiger partial charge in [0.25, 0.3) is 0 Å². The molecule has 0 saturated carbocycles. The predicted octanol–water partition coefficient (Wildman–Crippen LogP) is 4.50. The second kappa shape index (κ2) is 9.70. The van der Waals surface area contributed by atoms with Gasteiger partial charge in [-0.2, -0.15) is 0 Å². The second-order valence-corrected chi connectivity index (χ2v) is 10.3. The third kappa shape index (κ3) is 4.25. The number of aromatic carboxylic acids is 1. The molecule has 3 aromatic heterocycles. The number of likely N-dealkylation sites (tertiary alicyclic amines) is 1. The standard InChI is InChI=1S/C28H25BrN6O3/c1-32-24(29)15-31-25(32)17-33-14-12-22(16-33)35-26-23(3-2-13-30-26)34(28(35)38)21-10-8-19(9-11-21)18-4-6-20(7-5-18)27(36)37/h2-11,13,15,22H,12,14,16-17H2,1H3,(H,36,37). The number of carbonyl (C=O) groups is 1. The van der Waals surface area contributed by atoms with Gasteiger partial charge < -0.3 is 9.67 Å². The molecule has 0 spiro atoms. The van der Waals surface area contributed by atoms with Crippen LogP contribution in [0.1, 0.15) is 28.6 Å². The number of benzene rings is 2. The molecule has 9 nitrogen and oxygen atoms in total. The second-order valence-electron chi connectivity index (χ2n) is 9.50. The summed E-state index contributed by atoms with van der Waals surface area (Å²) >= 11 is 3.51. The van der Waals surface area contributed by atoms with Crippen molar-refractivity contribution in [2.75, 3.05) is 13.1 Å². The van der Waals surface area contributed by atoms with E-state index in [2.05, 4.69) is 30.8 Å². The van der Waals surface area contributed by atoms with Crippen molar-refractivity contribution >= 4 is 33.1 Å². The minimum atomic E-state index is -0.952. The van der Waals surface area contributed by atoms with E-state index < -0.39 is 5.97 Å². The van der Waals surface area contributed by atoms with Crippen LogP contribution in [-0.2, 0) is 13.6 Å². The first-order valence-corrected chi connectivity index (χ1v) is 13.1. The molecule has 1 fully saturated rings. The van der Waals surface area contributed by atoms with E-state index in [1.807, 2.05) is 52.6 Å². The van der Waals surface area contributed by atoms with E-state index in [0.717, 1.165) is 52.3 Å². The molecule has 38 heavy (non-hydrogen) atoms. The van der Waals surface area contributed by atoms with Crippen molar-refractivity contribution in [3.8, 4) is 16.8 Å². The van der Waals surface area contributed by atoms with Gasteiger partial charge >= 0.3 is 11.7 Å². The van der Waals surface area contributed by atoms with Gasteiger partial charge in [-0.05, 0) is 69.9 Å². The van der Waals surface area contributed by atoms with Gasteiger partial charge in [0.05, 0.1) is 35.6 Å². The van der Waals surface area contributed by atoms with Crippen LogP contribution in [0.25, 0.3) is 28.0 Å².